The lowest BCUT2D eigenvalue weighted by atomic mass is 9.42. The molecule has 4 saturated carbocycles. The first-order valence-electron chi connectivity index (χ1n) is 15.7. The van der Waals surface area contributed by atoms with Crippen LogP contribution in [0.2, 0.25) is 0 Å². The van der Waals surface area contributed by atoms with Crippen LogP contribution in [0.25, 0.3) is 0 Å². The Hall–Kier alpha value is -1.68. The third-order valence-electron chi connectivity index (χ3n) is 12.7. The molecule has 2 heterocycles. The van der Waals surface area contributed by atoms with Gasteiger partial charge in [-0.1, -0.05) is 13.8 Å². The minimum Gasteiger partial charge on any atom is -0.458 e. The lowest BCUT2D eigenvalue weighted by molar-refractivity contribution is -0.243. The molecule has 0 bridgehead atoms. The van der Waals surface area contributed by atoms with E-state index in [2.05, 4.69) is 24.1 Å². The number of hydrogen-bond acceptors (Lipinski definition) is 7. The van der Waals surface area contributed by atoms with Gasteiger partial charge in [0.1, 0.15) is 6.61 Å². The normalized spacial score (nSPS) is 45.1. The van der Waals surface area contributed by atoms with Gasteiger partial charge in [0, 0.05) is 50.8 Å². The SMILES string of the molecule is CN(C(=O)NCCN1CCOCC1)[C@@H]1CC[C@]2(C)[C@H](CC[C@@H]3[C@H]2C[C@@H](O)[C@@]2(C)[C@@H](C4=CC(=O)OC4)CC[C@@]32O)C1. The van der Waals surface area contributed by atoms with Crippen LogP contribution in [0.1, 0.15) is 65.2 Å². The molecule has 9 atom stereocenters. The highest BCUT2D eigenvalue weighted by Crippen LogP contribution is 2.70. The number of nitrogens with zero attached hydrogens (tertiary/aromatic N) is 2. The van der Waals surface area contributed by atoms with Crippen LogP contribution in [-0.4, -0.2) is 103 Å². The second-order valence-electron chi connectivity index (χ2n) is 14.1. The number of hydrogen-bond donors (Lipinski definition) is 3. The van der Waals surface area contributed by atoms with Crippen LogP contribution >= 0.6 is 0 Å². The third kappa shape index (κ3) is 4.41. The van der Waals surface area contributed by atoms with Crippen molar-refractivity contribution in [3.8, 4) is 0 Å². The van der Waals surface area contributed by atoms with E-state index in [0.717, 1.165) is 76.9 Å². The number of urea groups is 1. The van der Waals surface area contributed by atoms with E-state index in [0.29, 0.717) is 25.3 Å². The van der Waals surface area contributed by atoms with Crippen LogP contribution < -0.4 is 5.32 Å². The molecule has 1 saturated heterocycles. The number of rotatable bonds is 5. The quantitative estimate of drug-likeness (QED) is 0.444. The number of nitrogens with one attached hydrogen (secondary N) is 1. The Morgan fingerprint density at radius 1 is 1.12 bits per heavy atom. The summed E-state index contributed by atoms with van der Waals surface area (Å²) in [5.74, 6) is 0.525. The maximum atomic E-state index is 13.0. The first-order chi connectivity index (χ1) is 19.1. The molecule has 6 rings (SSSR count). The topological polar surface area (TPSA) is 112 Å². The van der Waals surface area contributed by atoms with Crippen molar-refractivity contribution in [2.24, 2.45) is 34.5 Å². The molecule has 6 aliphatic rings. The van der Waals surface area contributed by atoms with Crippen molar-refractivity contribution in [1.82, 2.24) is 15.1 Å². The van der Waals surface area contributed by atoms with Gasteiger partial charge in [-0.15, -0.1) is 0 Å². The van der Waals surface area contributed by atoms with Crippen molar-refractivity contribution in [2.45, 2.75) is 83.0 Å². The average molecular weight is 560 g/mol. The average Bonchev–Trinajstić information content (AvgIpc) is 3.49. The van der Waals surface area contributed by atoms with Crippen LogP contribution in [0.15, 0.2) is 11.6 Å². The molecular formula is C31H49N3O6. The summed E-state index contributed by atoms with van der Waals surface area (Å²) < 4.78 is 10.6. The second kappa shape index (κ2) is 10.5. The second-order valence-corrected chi connectivity index (χ2v) is 14.1. The number of carbonyl (C=O) groups excluding carboxylic acids is 2. The van der Waals surface area contributed by atoms with Gasteiger partial charge in [-0.05, 0) is 86.0 Å². The van der Waals surface area contributed by atoms with Gasteiger partial charge in [0.2, 0.25) is 0 Å². The van der Waals surface area contributed by atoms with Crippen LogP contribution in [0.5, 0.6) is 0 Å². The standard InChI is InChI=1S/C31H49N3O6/c1-29-8-6-22(33(3)28(37)32-10-11-34-12-14-39-15-13-34)17-21(29)4-5-24-25(29)18-26(35)30(2)23(7-9-31(24,30)38)20-16-27(36)40-19-20/h16,21-26,35,38H,4-15,17-19H2,1-3H3,(H,32,37)/t21-,22-,23-,24-,25-,26-,29-,30-,31-/m1/s1. The predicted octanol–water partition coefficient (Wildman–Crippen LogP) is 2.56. The van der Waals surface area contributed by atoms with Crippen molar-refractivity contribution in [1.29, 1.82) is 0 Å². The Balaban J connectivity index is 1.11. The molecule has 40 heavy (non-hydrogen) atoms. The zero-order valence-corrected chi connectivity index (χ0v) is 24.6. The van der Waals surface area contributed by atoms with Gasteiger partial charge in [0.15, 0.2) is 0 Å². The van der Waals surface area contributed by atoms with E-state index in [1.54, 1.807) is 6.08 Å². The Bertz CT molecular complexity index is 1030. The zero-order valence-electron chi connectivity index (χ0n) is 24.6. The number of aliphatic hydroxyl groups is 2. The van der Waals surface area contributed by atoms with Gasteiger partial charge in [-0.3, -0.25) is 4.90 Å². The van der Waals surface area contributed by atoms with Crippen molar-refractivity contribution in [3.05, 3.63) is 11.6 Å². The Morgan fingerprint density at radius 2 is 1.90 bits per heavy atom. The van der Waals surface area contributed by atoms with Crippen LogP contribution in [0.4, 0.5) is 4.79 Å². The molecular weight excluding hydrogens is 510 g/mol. The maximum absolute atomic E-state index is 13.0. The Morgan fingerprint density at radius 3 is 2.62 bits per heavy atom. The van der Waals surface area contributed by atoms with Gasteiger partial charge < -0.3 is 29.9 Å². The van der Waals surface area contributed by atoms with Crippen LogP contribution in [0, 0.1) is 34.5 Å². The van der Waals surface area contributed by atoms with Gasteiger partial charge in [0.05, 0.1) is 24.9 Å². The molecule has 224 valence electrons. The molecule has 9 heteroatoms. The van der Waals surface area contributed by atoms with Crippen molar-refractivity contribution in [3.63, 3.8) is 0 Å². The molecule has 0 unspecified atom stereocenters. The van der Waals surface area contributed by atoms with E-state index in [9.17, 15) is 19.8 Å². The molecule has 0 aromatic heterocycles. The summed E-state index contributed by atoms with van der Waals surface area (Å²) in [6, 6.07) is 0.219. The summed E-state index contributed by atoms with van der Waals surface area (Å²) in [4.78, 5) is 29.1. The first kappa shape index (κ1) is 28.4. The molecule has 0 aromatic rings. The number of morpholine rings is 1. The fourth-order valence-corrected chi connectivity index (χ4v) is 10.2. The first-order valence-corrected chi connectivity index (χ1v) is 15.7. The molecule has 0 spiro atoms. The number of carbonyl (C=O) groups is 2. The minimum absolute atomic E-state index is 0.00870. The molecule has 2 amide bonds. The number of ether oxygens (including phenoxy) is 2. The highest BCUT2D eigenvalue weighted by molar-refractivity contribution is 5.85. The number of fused-ring (bicyclic) bond motifs is 5. The minimum atomic E-state index is -0.950. The highest BCUT2D eigenvalue weighted by Gasteiger charge is 2.70. The monoisotopic (exact) mass is 559 g/mol. The molecule has 0 aromatic carbocycles. The lowest BCUT2D eigenvalue weighted by Crippen LogP contribution is -2.67. The molecule has 2 aliphatic heterocycles. The third-order valence-corrected chi connectivity index (χ3v) is 12.7. The Kier molecular flexibility index (Phi) is 7.50. The van der Waals surface area contributed by atoms with E-state index in [1.165, 1.54) is 0 Å². The van der Waals surface area contributed by atoms with E-state index < -0.39 is 17.1 Å². The van der Waals surface area contributed by atoms with Crippen molar-refractivity contribution < 1.29 is 29.3 Å². The fraction of sp³-hybridized carbons (Fsp3) is 0.871. The number of aliphatic hydroxyl groups excluding tert-OH is 1. The highest BCUT2D eigenvalue weighted by atomic mass is 16.5. The number of esters is 1. The molecule has 0 radical (unpaired) electrons. The molecule has 3 N–H and O–H groups in total. The fourth-order valence-electron chi connectivity index (χ4n) is 10.2. The predicted molar refractivity (Wildman–Crippen MR) is 149 cm³/mol. The zero-order chi connectivity index (χ0) is 28.3. The smallest absolute Gasteiger partial charge is 0.331 e. The number of amides is 2. The van der Waals surface area contributed by atoms with Gasteiger partial charge in [0.25, 0.3) is 0 Å². The summed E-state index contributed by atoms with van der Waals surface area (Å²) >= 11 is 0. The largest absolute Gasteiger partial charge is 0.458 e. The van der Waals surface area contributed by atoms with E-state index in [1.807, 2.05) is 11.9 Å². The summed E-state index contributed by atoms with van der Waals surface area (Å²) in [6.07, 6.45) is 8.03. The van der Waals surface area contributed by atoms with Crippen molar-refractivity contribution in [2.75, 3.05) is 53.0 Å². The lowest BCUT2D eigenvalue weighted by Gasteiger charge is -2.65. The molecule has 9 nitrogen and oxygen atoms in total. The van der Waals surface area contributed by atoms with Crippen LogP contribution in [0.3, 0.4) is 0 Å². The summed E-state index contributed by atoms with van der Waals surface area (Å²) in [7, 11) is 1.94. The maximum Gasteiger partial charge on any atom is 0.331 e. The Labute approximate surface area is 238 Å². The summed E-state index contributed by atoms with van der Waals surface area (Å²) in [5.41, 5.74) is -0.648. The van der Waals surface area contributed by atoms with E-state index >= 15 is 0 Å². The van der Waals surface area contributed by atoms with Gasteiger partial charge in [-0.25, -0.2) is 9.59 Å². The summed E-state index contributed by atoms with van der Waals surface area (Å²) in [5, 5.41) is 27.3. The summed E-state index contributed by atoms with van der Waals surface area (Å²) in [6.45, 7) is 9.61. The van der Waals surface area contributed by atoms with Crippen LogP contribution in [-0.2, 0) is 14.3 Å². The van der Waals surface area contributed by atoms with Gasteiger partial charge >= 0.3 is 12.0 Å². The van der Waals surface area contributed by atoms with Gasteiger partial charge in [-0.2, -0.15) is 0 Å². The molecule has 5 fully saturated rings. The van der Waals surface area contributed by atoms with E-state index in [4.69, 9.17) is 9.47 Å². The van der Waals surface area contributed by atoms with E-state index in [-0.39, 0.29) is 47.8 Å². The molecule has 4 aliphatic carbocycles. The van der Waals surface area contributed by atoms with Crippen molar-refractivity contribution >= 4 is 12.0 Å². The number of cyclic esters (lactones) is 1.